The smallest absolute Gasteiger partial charge is 0.281 e. The normalized spacial score (nSPS) is 22.7. The Balaban J connectivity index is 1.58. The molecule has 2 saturated heterocycles. The first-order chi connectivity index (χ1) is 13.4. The van der Waals surface area contributed by atoms with Crippen molar-refractivity contribution < 1.29 is 17.9 Å². The number of carbonyl (C=O) groups is 1. The number of carbonyl (C=O) groups excluding carboxylic acids is 1. The van der Waals surface area contributed by atoms with Crippen molar-refractivity contribution in [2.24, 2.45) is 11.8 Å². The number of nitrogens with one attached hydrogen (secondary N) is 1. The number of benzene rings is 1. The van der Waals surface area contributed by atoms with Gasteiger partial charge in [-0.05, 0) is 37.7 Å². The number of methoxy groups -OCH3 is 1. The third-order valence-corrected chi connectivity index (χ3v) is 7.80. The number of para-hydroxylation sites is 1. The third kappa shape index (κ3) is 4.85. The number of piperidine rings is 2. The number of nitrogens with zero attached hydrogens (tertiary/aromatic N) is 2. The number of rotatable bonds is 6. The highest BCUT2D eigenvalue weighted by Crippen LogP contribution is 2.25. The van der Waals surface area contributed by atoms with Crippen LogP contribution in [-0.2, 0) is 21.5 Å². The second-order valence-electron chi connectivity index (χ2n) is 7.82. The molecular weight excluding hydrogens is 378 g/mol. The highest BCUT2D eigenvalue weighted by Gasteiger charge is 2.36. The molecule has 0 saturated carbocycles. The molecule has 28 heavy (non-hydrogen) atoms. The lowest BCUT2D eigenvalue weighted by Crippen LogP contribution is -2.52. The van der Waals surface area contributed by atoms with Crippen molar-refractivity contribution in [1.29, 1.82) is 0 Å². The van der Waals surface area contributed by atoms with Gasteiger partial charge in [-0.2, -0.15) is 17.0 Å². The highest BCUT2D eigenvalue weighted by atomic mass is 32.2. The van der Waals surface area contributed by atoms with Gasteiger partial charge in [-0.3, -0.25) is 4.79 Å². The summed E-state index contributed by atoms with van der Waals surface area (Å²) < 4.78 is 34.4. The van der Waals surface area contributed by atoms with Crippen LogP contribution in [0.15, 0.2) is 24.3 Å². The zero-order valence-electron chi connectivity index (χ0n) is 16.8. The second kappa shape index (κ2) is 9.24. The van der Waals surface area contributed by atoms with Gasteiger partial charge < -0.3 is 10.1 Å². The van der Waals surface area contributed by atoms with Crippen LogP contribution in [-0.4, -0.2) is 56.2 Å². The SMILES string of the molecule is COc1ccccc1CNC(=O)C1CCCN(S(=O)(=O)N2CCC(C)CC2)C1. The van der Waals surface area contributed by atoms with Gasteiger partial charge in [0.15, 0.2) is 0 Å². The fourth-order valence-electron chi connectivity index (χ4n) is 3.92. The van der Waals surface area contributed by atoms with E-state index in [1.54, 1.807) is 11.4 Å². The maximum atomic E-state index is 13.0. The molecule has 3 rings (SSSR count). The summed E-state index contributed by atoms with van der Waals surface area (Å²) in [5.74, 6) is 0.885. The van der Waals surface area contributed by atoms with E-state index in [-0.39, 0.29) is 18.4 Å². The Kier molecular flexibility index (Phi) is 6.95. The van der Waals surface area contributed by atoms with Crippen LogP contribution in [0, 0.1) is 11.8 Å². The van der Waals surface area contributed by atoms with Gasteiger partial charge in [0.25, 0.3) is 10.2 Å². The molecular formula is C20H31N3O4S. The molecule has 0 aliphatic carbocycles. The van der Waals surface area contributed by atoms with Crippen molar-refractivity contribution in [3.8, 4) is 5.75 Å². The molecule has 1 atom stereocenters. The summed E-state index contributed by atoms with van der Waals surface area (Å²) in [6.45, 7) is 4.43. The van der Waals surface area contributed by atoms with E-state index < -0.39 is 10.2 Å². The Morgan fingerprint density at radius 2 is 1.86 bits per heavy atom. The Morgan fingerprint density at radius 3 is 2.57 bits per heavy atom. The molecule has 0 radical (unpaired) electrons. The first-order valence-corrected chi connectivity index (χ1v) is 11.5. The first kappa shape index (κ1) is 21.1. The van der Waals surface area contributed by atoms with E-state index >= 15 is 0 Å². The number of ether oxygens (including phenoxy) is 1. The van der Waals surface area contributed by atoms with Crippen LogP contribution in [0.25, 0.3) is 0 Å². The van der Waals surface area contributed by atoms with Gasteiger partial charge in [-0.15, -0.1) is 0 Å². The molecule has 0 bridgehead atoms. The van der Waals surface area contributed by atoms with Crippen LogP contribution in [0.4, 0.5) is 0 Å². The fraction of sp³-hybridized carbons (Fsp3) is 0.650. The van der Waals surface area contributed by atoms with E-state index in [2.05, 4.69) is 12.2 Å². The monoisotopic (exact) mass is 409 g/mol. The van der Waals surface area contributed by atoms with Crippen LogP contribution >= 0.6 is 0 Å². The topological polar surface area (TPSA) is 79.0 Å². The van der Waals surface area contributed by atoms with Crippen LogP contribution in [0.1, 0.15) is 38.2 Å². The number of amides is 1. The zero-order chi connectivity index (χ0) is 20.1. The predicted octanol–water partition coefficient (Wildman–Crippen LogP) is 2.00. The summed E-state index contributed by atoms with van der Waals surface area (Å²) in [5, 5.41) is 2.95. The minimum Gasteiger partial charge on any atom is -0.496 e. The molecule has 1 unspecified atom stereocenters. The zero-order valence-corrected chi connectivity index (χ0v) is 17.6. The number of hydrogen-bond acceptors (Lipinski definition) is 4. The molecule has 156 valence electrons. The van der Waals surface area contributed by atoms with Gasteiger partial charge in [-0.1, -0.05) is 25.1 Å². The summed E-state index contributed by atoms with van der Waals surface area (Å²) in [5.41, 5.74) is 0.904. The van der Waals surface area contributed by atoms with Crippen molar-refractivity contribution in [3.63, 3.8) is 0 Å². The van der Waals surface area contributed by atoms with E-state index in [0.29, 0.717) is 44.9 Å². The van der Waals surface area contributed by atoms with E-state index in [9.17, 15) is 13.2 Å². The Bertz CT molecular complexity index is 775. The average Bonchev–Trinajstić information content (AvgIpc) is 2.72. The van der Waals surface area contributed by atoms with E-state index in [0.717, 1.165) is 24.2 Å². The lowest BCUT2D eigenvalue weighted by atomic mass is 9.98. The van der Waals surface area contributed by atoms with Crippen molar-refractivity contribution in [2.75, 3.05) is 33.3 Å². The third-order valence-electron chi connectivity index (χ3n) is 5.80. The number of hydrogen-bond donors (Lipinski definition) is 1. The molecule has 1 N–H and O–H groups in total. The van der Waals surface area contributed by atoms with E-state index in [4.69, 9.17) is 4.74 Å². The van der Waals surface area contributed by atoms with Gasteiger partial charge in [0.05, 0.1) is 13.0 Å². The van der Waals surface area contributed by atoms with Crippen LogP contribution in [0.5, 0.6) is 5.75 Å². The lowest BCUT2D eigenvalue weighted by molar-refractivity contribution is -0.126. The minimum absolute atomic E-state index is 0.0990. The summed E-state index contributed by atoms with van der Waals surface area (Å²) >= 11 is 0. The molecule has 2 aliphatic rings. The van der Waals surface area contributed by atoms with Crippen molar-refractivity contribution in [3.05, 3.63) is 29.8 Å². The van der Waals surface area contributed by atoms with E-state index in [1.165, 1.54) is 4.31 Å². The van der Waals surface area contributed by atoms with Crippen LogP contribution in [0.3, 0.4) is 0 Å². The van der Waals surface area contributed by atoms with Crippen molar-refractivity contribution in [1.82, 2.24) is 13.9 Å². The summed E-state index contributed by atoms with van der Waals surface area (Å²) in [4.78, 5) is 12.7. The Morgan fingerprint density at radius 1 is 1.14 bits per heavy atom. The van der Waals surface area contributed by atoms with Gasteiger partial charge >= 0.3 is 0 Å². The molecule has 2 aliphatic heterocycles. The molecule has 1 amide bonds. The molecule has 1 aromatic rings. The first-order valence-electron chi connectivity index (χ1n) is 10.1. The van der Waals surface area contributed by atoms with Crippen molar-refractivity contribution >= 4 is 16.1 Å². The van der Waals surface area contributed by atoms with Gasteiger partial charge in [0.2, 0.25) is 5.91 Å². The van der Waals surface area contributed by atoms with E-state index in [1.807, 2.05) is 24.3 Å². The largest absolute Gasteiger partial charge is 0.496 e. The molecule has 0 aromatic heterocycles. The van der Waals surface area contributed by atoms with Crippen LogP contribution < -0.4 is 10.1 Å². The predicted molar refractivity (Wildman–Crippen MR) is 108 cm³/mol. The molecule has 0 spiro atoms. The molecule has 8 heteroatoms. The molecule has 2 fully saturated rings. The van der Waals surface area contributed by atoms with Gasteiger partial charge in [0.1, 0.15) is 5.75 Å². The van der Waals surface area contributed by atoms with Crippen molar-refractivity contribution in [2.45, 2.75) is 39.2 Å². The second-order valence-corrected chi connectivity index (χ2v) is 9.74. The molecule has 1 aromatic carbocycles. The molecule has 7 nitrogen and oxygen atoms in total. The maximum Gasteiger partial charge on any atom is 0.281 e. The minimum atomic E-state index is -3.49. The highest BCUT2D eigenvalue weighted by molar-refractivity contribution is 7.86. The summed E-state index contributed by atoms with van der Waals surface area (Å²) in [6, 6.07) is 7.55. The van der Waals surface area contributed by atoms with Gasteiger partial charge in [0, 0.05) is 38.3 Å². The summed E-state index contributed by atoms with van der Waals surface area (Å²) in [6.07, 6.45) is 3.21. The Labute approximate surface area is 168 Å². The molecule has 2 heterocycles. The average molecular weight is 410 g/mol. The lowest BCUT2D eigenvalue weighted by Gasteiger charge is -2.37. The quantitative estimate of drug-likeness (QED) is 0.779. The maximum absolute atomic E-state index is 13.0. The standard InChI is InChI=1S/C20H31N3O4S/c1-16-9-12-22(13-10-16)28(25,26)23-11-5-7-18(15-23)20(24)21-14-17-6-3-4-8-19(17)27-2/h3-4,6,8,16,18H,5,7,9-15H2,1-2H3,(H,21,24). The van der Waals surface area contributed by atoms with Gasteiger partial charge in [-0.25, -0.2) is 0 Å². The van der Waals surface area contributed by atoms with Crippen LogP contribution in [0.2, 0.25) is 0 Å². The fourth-order valence-corrected chi connectivity index (χ4v) is 5.65. The Hall–Kier alpha value is -1.64. The summed E-state index contributed by atoms with van der Waals surface area (Å²) in [7, 11) is -1.88.